The van der Waals surface area contributed by atoms with Gasteiger partial charge in [-0.1, -0.05) is 39.0 Å². The van der Waals surface area contributed by atoms with E-state index in [0.29, 0.717) is 5.92 Å². The van der Waals surface area contributed by atoms with Crippen LogP contribution in [0.4, 0.5) is 0 Å². The highest BCUT2D eigenvalue weighted by Crippen LogP contribution is 2.35. The summed E-state index contributed by atoms with van der Waals surface area (Å²) in [7, 11) is 2.20. The van der Waals surface area contributed by atoms with Gasteiger partial charge in [-0.25, -0.2) is 9.97 Å². The van der Waals surface area contributed by atoms with Gasteiger partial charge in [-0.05, 0) is 68.4 Å². The lowest BCUT2D eigenvalue weighted by Gasteiger charge is -2.33. The smallest absolute Gasteiger partial charge is 0.234 e. The summed E-state index contributed by atoms with van der Waals surface area (Å²) in [4.78, 5) is 16.3. The third-order valence-electron chi connectivity index (χ3n) is 8.26. The molecule has 0 spiro atoms. The van der Waals surface area contributed by atoms with Gasteiger partial charge in [0.15, 0.2) is 0 Å². The molecule has 8 nitrogen and oxygen atoms in total. The van der Waals surface area contributed by atoms with Crippen LogP contribution >= 0.6 is 0 Å². The first kappa shape index (κ1) is 28.5. The van der Waals surface area contributed by atoms with Gasteiger partial charge < -0.3 is 19.1 Å². The Kier molecular flexibility index (Phi) is 9.04. The Morgan fingerprint density at radius 3 is 2.50 bits per heavy atom. The maximum Gasteiger partial charge on any atom is 0.234 e. The molecule has 3 aromatic rings. The van der Waals surface area contributed by atoms with Crippen LogP contribution in [0.3, 0.4) is 0 Å². The molecule has 0 bridgehead atoms. The first-order valence-electron chi connectivity index (χ1n) is 14.9. The van der Waals surface area contributed by atoms with Crippen molar-refractivity contribution in [2.45, 2.75) is 59.0 Å². The lowest BCUT2D eigenvalue weighted by atomic mass is 9.88. The SMILES string of the molecule is CN1CCN(CCCOc2ccccc2C2CCN(Cc3cc4cnc(C#N)nc4n3CC(C)(C)C)CC2)CC1. The van der Waals surface area contributed by atoms with Crippen LogP contribution in [0.1, 0.15) is 63.0 Å². The van der Waals surface area contributed by atoms with Gasteiger partial charge in [-0.2, -0.15) is 5.26 Å². The third kappa shape index (κ3) is 7.20. The molecule has 2 fully saturated rings. The number of aromatic nitrogens is 3. The molecule has 2 aromatic heterocycles. The molecule has 40 heavy (non-hydrogen) atoms. The minimum Gasteiger partial charge on any atom is -0.493 e. The second-order valence-electron chi connectivity index (χ2n) is 12.8. The van der Waals surface area contributed by atoms with E-state index in [2.05, 4.69) is 93.5 Å². The molecule has 5 rings (SSSR count). The lowest BCUT2D eigenvalue weighted by molar-refractivity contribution is 0.145. The summed E-state index contributed by atoms with van der Waals surface area (Å²) in [5, 5.41) is 10.4. The first-order valence-corrected chi connectivity index (χ1v) is 14.9. The third-order valence-corrected chi connectivity index (χ3v) is 8.26. The number of piperidine rings is 1. The summed E-state index contributed by atoms with van der Waals surface area (Å²) in [6.07, 6.45) is 5.11. The van der Waals surface area contributed by atoms with Gasteiger partial charge in [0.2, 0.25) is 5.82 Å². The topological polar surface area (TPSA) is 73.5 Å². The van der Waals surface area contributed by atoms with Crippen molar-refractivity contribution in [1.82, 2.24) is 29.2 Å². The van der Waals surface area contributed by atoms with E-state index in [1.807, 2.05) is 0 Å². The molecule has 4 heterocycles. The molecule has 0 radical (unpaired) electrons. The molecule has 2 aliphatic heterocycles. The predicted molar refractivity (Wildman–Crippen MR) is 159 cm³/mol. The molecule has 0 saturated carbocycles. The Hall–Kier alpha value is -2.99. The Bertz CT molecular complexity index is 1310. The average Bonchev–Trinajstić information content (AvgIpc) is 3.27. The van der Waals surface area contributed by atoms with Crippen LogP contribution in [0.25, 0.3) is 11.0 Å². The van der Waals surface area contributed by atoms with E-state index in [-0.39, 0.29) is 11.2 Å². The molecule has 2 saturated heterocycles. The van der Waals surface area contributed by atoms with Crippen molar-refractivity contribution in [3.8, 4) is 11.8 Å². The molecule has 1 aromatic carbocycles. The Morgan fingerprint density at radius 1 is 1.02 bits per heavy atom. The zero-order valence-electron chi connectivity index (χ0n) is 24.8. The van der Waals surface area contributed by atoms with Gasteiger partial charge in [0.1, 0.15) is 17.5 Å². The monoisotopic (exact) mass is 543 g/mol. The zero-order chi connectivity index (χ0) is 28.1. The van der Waals surface area contributed by atoms with Crippen molar-refractivity contribution in [2.75, 3.05) is 59.5 Å². The van der Waals surface area contributed by atoms with Crippen LogP contribution in [-0.2, 0) is 13.1 Å². The standard InChI is InChI=1S/C32H45N7O/c1-32(2,3)24-39-27(20-26-22-34-30(21-33)35-31(26)39)23-38-13-10-25(11-14-38)28-8-5-6-9-29(28)40-19-7-12-37-17-15-36(4)16-18-37/h5-6,8-9,20,22,25H,7,10-19,23-24H2,1-4H3. The number of likely N-dealkylation sites (N-methyl/N-ethyl adjacent to an activating group) is 1. The van der Waals surface area contributed by atoms with Crippen molar-refractivity contribution < 1.29 is 4.74 Å². The van der Waals surface area contributed by atoms with Crippen LogP contribution in [0, 0.1) is 16.7 Å². The van der Waals surface area contributed by atoms with Crippen LogP contribution in [0.15, 0.2) is 36.5 Å². The number of rotatable bonds is 9. The summed E-state index contributed by atoms with van der Waals surface area (Å²) in [6, 6.07) is 13.0. The first-order chi connectivity index (χ1) is 19.3. The van der Waals surface area contributed by atoms with Crippen LogP contribution in [0.2, 0.25) is 0 Å². The summed E-state index contributed by atoms with van der Waals surface area (Å²) >= 11 is 0. The number of piperazine rings is 1. The molecule has 8 heteroatoms. The number of benzene rings is 1. The van der Waals surface area contributed by atoms with E-state index in [1.54, 1.807) is 6.20 Å². The van der Waals surface area contributed by atoms with Crippen LogP contribution in [-0.4, -0.2) is 88.7 Å². The molecule has 2 aliphatic rings. The summed E-state index contributed by atoms with van der Waals surface area (Å²) in [5.74, 6) is 1.82. The highest BCUT2D eigenvalue weighted by Gasteiger charge is 2.25. The zero-order valence-corrected chi connectivity index (χ0v) is 24.8. The second kappa shape index (κ2) is 12.7. The Labute approximate surface area is 239 Å². The molecule has 0 N–H and O–H groups in total. The van der Waals surface area contributed by atoms with Gasteiger partial charge >= 0.3 is 0 Å². The van der Waals surface area contributed by atoms with Crippen molar-refractivity contribution >= 4 is 11.0 Å². The average molecular weight is 544 g/mol. The van der Waals surface area contributed by atoms with Crippen molar-refractivity contribution in [2.24, 2.45) is 5.41 Å². The number of hydrogen-bond donors (Lipinski definition) is 0. The van der Waals surface area contributed by atoms with E-state index >= 15 is 0 Å². The predicted octanol–water partition coefficient (Wildman–Crippen LogP) is 4.74. The maximum absolute atomic E-state index is 9.34. The number of hydrogen-bond acceptors (Lipinski definition) is 7. The minimum absolute atomic E-state index is 0.0969. The van der Waals surface area contributed by atoms with Gasteiger partial charge in [0.05, 0.1) is 6.61 Å². The second-order valence-corrected chi connectivity index (χ2v) is 12.8. The number of fused-ring (bicyclic) bond motifs is 1. The summed E-state index contributed by atoms with van der Waals surface area (Å²) in [5.41, 5.74) is 3.57. The fourth-order valence-electron chi connectivity index (χ4n) is 6.05. The maximum atomic E-state index is 9.34. The fraction of sp³-hybridized carbons (Fsp3) is 0.594. The number of ether oxygens (including phenoxy) is 1. The normalized spacial score (nSPS) is 18.3. The highest BCUT2D eigenvalue weighted by atomic mass is 16.5. The van der Waals surface area contributed by atoms with E-state index < -0.39 is 0 Å². The minimum atomic E-state index is 0.0969. The molecule has 214 valence electrons. The Balaban J connectivity index is 1.18. The largest absolute Gasteiger partial charge is 0.493 e. The Morgan fingerprint density at radius 2 is 1.77 bits per heavy atom. The molecule has 0 atom stereocenters. The summed E-state index contributed by atoms with van der Waals surface area (Å²) < 4.78 is 8.65. The summed E-state index contributed by atoms with van der Waals surface area (Å²) in [6.45, 7) is 17.1. The fourth-order valence-corrected chi connectivity index (χ4v) is 6.05. The molecule has 0 amide bonds. The lowest BCUT2D eigenvalue weighted by Crippen LogP contribution is -2.44. The van der Waals surface area contributed by atoms with Crippen molar-refractivity contribution in [1.29, 1.82) is 5.26 Å². The van der Waals surface area contributed by atoms with Crippen LogP contribution < -0.4 is 4.74 Å². The van der Waals surface area contributed by atoms with Gasteiger partial charge in [-0.15, -0.1) is 0 Å². The molecule has 0 aliphatic carbocycles. The molecular weight excluding hydrogens is 498 g/mol. The van der Waals surface area contributed by atoms with E-state index in [1.165, 1.54) is 11.3 Å². The van der Waals surface area contributed by atoms with Gasteiger partial charge in [-0.3, -0.25) is 4.90 Å². The number of nitriles is 1. The van der Waals surface area contributed by atoms with Crippen molar-refractivity contribution in [3.05, 3.63) is 53.6 Å². The van der Waals surface area contributed by atoms with Crippen LogP contribution in [0.5, 0.6) is 5.75 Å². The molecule has 0 unspecified atom stereocenters. The molecular formula is C32H45N7O. The van der Waals surface area contributed by atoms with Crippen molar-refractivity contribution in [3.63, 3.8) is 0 Å². The number of nitrogens with zero attached hydrogens (tertiary/aromatic N) is 7. The van der Waals surface area contributed by atoms with E-state index in [9.17, 15) is 5.26 Å². The van der Waals surface area contributed by atoms with E-state index in [0.717, 1.165) is 102 Å². The van der Waals surface area contributed by atoms with E-state index in [4.69, 9.17) is 4.74 Å². The quantitative estimate of drug-likeness (QED) is 0.361. The highest BCUT2D eigenvalue weighted by molar-refractivity contribution is 5.77. The van der Waals surface area contributed by atoms with Gasteiger partial charge in [0.25, 0.3) is 0 Å². The number of para-hydroxylation sites is 1. The van der Waals surface area contributed by atoms with Gasteiger partial charge in [0, 0.05) is 63.1 Å². The number of likely N-dealkylation sites (tertiary alicyclic amines) is 1.